The van der Waals surface area contributed by atoms with Gasteiger partial charge in [0, 0.05) is 25.3 Å². The topological polar surface area (TPSA) is 41.3 Å². The van der Waals surface area contributed by atoms with E-state index in [0.717, 1.165) is 23.3 Å². The molecule has 1 aliphatic rings. The minimum Gasteiger partial charge on any atom is -0.464 e. The summed E-state index contributed by atoms with van der Waals surface area (Å²) in [6.07, 6.45) is 5.89. The van der Waals surface area contributed by atoms with Crippen LogP contribution in [-0.2, 0) is 0 Å². The molecule has 0 atom stereocenters. The lowest BCUT2D eigenvalue weighted by atomic mass is 10.1. The van der Waals surface area contributed by atoms with E-state index < -0.39 is 0 Å². The van der Waals surface area contributed by atoms with Crippen molar-refractivity contribution in [3.8, 4) is 0 Å². The fourth-order valence-corrected chi connectivity index (χ4v) is 2.60. The van der Waals surface area contributed by atoms with Gasteiger partial charge < -0.3 is 14.6 Å². The Kier molecular flexibility index (Phi) is 3.19. The van der Waals surface area contributed by atoms with Gasteiger partial charge in [0.25, 0.3) is 0 Å². The lowest BCUT2D eigenvalue weighted by Crippen LogP contribution is -2.39. The van der Waals surface area contributed by atoms with Gasteiger partial charge in [-0.3, -0.25) is 0 Å². The molecule has 0 aromatic carbocycles. The summed E-state index contributed by atoms with van der Waals surface area (Å²) in [5, 5.41) is 4.64. The third-order valence-corrected chi connectivity index (χ3v) is 3.76. The first-order valence-electron chi connectivity index (χ1n) is 6.68. The Morgan fingerprint density at radius 1 is 1.39 bits per heavy atom. The number of nitrogens with zero attached hydrogens (tertiary/aromatic N) is 2. The normalized spacial score (nSPS) is 18.3. The van der Waals surface area contributed by atoms with Crippen molar-refractivity contribution in [1.82, 2.24) is 9.88 Å². The number of aromatic nitrogens is 1. The summed E-state index contributed by atoms with van der Waals surface area (Å²) in [6, 6.07) is 4.41. The summed E-state index contributed by atoms with van der Waals surface area (Å²) < 4.78 is 5.39. The van der Waals surface area contributed by atoms with Crippen molar-refractivity contribution in [3.05, 3.63) is 24.6 Å². The number of piperidine rings is 1. The first kappa shape index (κ1) is 11.5. The Balaban J connectivity index is 1.71. The Hall–Kier alpha value is -1.55. The molecule has 0 amide bonds. The quantitative estimate of drug-likeness (QED) is 0.902. The van der Waals surface area contributed by atoms with Crippen molar-refractivity contribution < 1.29 is 4.42 Å². The van der Waals surface area contributed by atoms with Gasteiger partial charge in [-0.05, 0) is 31.5 Å². The number of furan rings is 1. The van der Waals surface area contributed by atoms with Gasteiger partial charge >= 0.3 is 0 Å². The number of hydrogen-bond donors (Lipinski definition) is 1. The molecular formula is C14H19N3O. The van der Waals surface area contributed by atoms with Crippen molar-refractivity contribution in [3.63, 3.8) is 0 Å². The van der Waals surface area contributed by atoms with Gasteiger partial charge in [0.2, 0.25) is 0 Å². The molecule has 1 aliphatic heterocycles. The molecule has 3 rings (SSSR count). The maximum absolute atomic E-state index is 5.39. The molecule has 1 saturated heterocycles. The summed E-state index contributed by atoms with van der Waals surface area (Å²) in [5.41, 5.74) is 0.901. The van der Waals surface area contributed by atoms with Gasteiger partial charge in [-0.25, -0.2) is 4.98 Å². The molecule has 2 aromatic heterocycles. The van der Waals surface area contributed by atoms with Gasteiger partial charge in [-0.15, -0.1) is 0 Å². The van der Waals surface area contributed by atoms with Gasteiger partial charge in [0.15, 0.2) is 0 Å². The molecule has 96 valence electrons. The van der Waals surface area contributed by atoms with E-state index in [1.165, 1.54) is 25.9 Å². The fraction of sp³-hybridized carbons (Fsp3) is 0.500. The van der Waals surface area contributed by atoms with Crippen LogP contribution in [0.15, 0.2) is 29.0 Å². The lowest BCUT2D eigenvalue weighted by Gasteiger charge is -2.31. The minimum absolute atomic E-state index is 0.529. The van der Waals surface area contributed by atoms with Gasteiger partial charge in [0.05, 0.1) is 11.6 Å². The monoisotopic (exact) mass is 245 g/mol. The number of hydrogen-bond acceptors (Lipinski definition) is 4. The zero-order valence-corrected chi connectivity index (χ0v) is 10.7. The van der Waals surface area contributed by atoms with E-state index in [9.17, 15) is 0 Å². The molecule has 0 aliphatic carbocycles. The van der Waals surface area contributed by atoms with Crippen LogP contribution in [0.4, 0.5) is 5.82 Å². The highest BCUT2D eigenvalue weighted by Crippen LogP contribution is 2.24. The second kappa shape index (κ2) is 4.98. The van der Waals surface area contributed by atoms with Gasteiger partial charge in [-0.2, -0.15) is 0 Å². The summed E-state index contributed by atoms with van der Waals surface area (Å²) in [4.78, 5) is 6.92. The number of rotatable bonds is 3. The van der Waals surface area contributed by atoms with E-state index in [1.807, 2.05) is 12.1 Å². The standard InChI is InChI=1S/C14H19N3O/c1-2-17-8-4-11(5-9-17)16-14-12-6-10-18-13(12)3-7-15-14/h3,6-7,10-11H,2,4-5,8-9H2,1H3,(H,15,16). The predicted octanol–water partition coefficient (Wildman–Crippen LogP) is 2.72. The number of fused-ring (bicyclic) bond motifs is 1. The smallest absolute Gasteiger partial charge is 0.139 e. The molecule has 0 spiro atoms. The highest BCUT2D eigenvalue weighted by atomic mass is 16.3. The largest absolute Gasteiger partial charge is 0.464 e. The number of nitrogens with one attached hydrogen (secondary N) is 1. The molecule has 1 N–H and O–H groups in total. The number of likely N-dealkylation sites (tertiary alicyclic amines) is 1. The van der Waals surface area contributed by atoms with Crippen molar-refractivity contribution in [1.29, 1.82) is 0 Å². The molecule has 0 unspecified atom stereocenters. The van der Waals surface area contributed by atoms with E-state index in [4.69, 9.17) is 4.42 Å². The van der Waals surface area contributed by atoms with Crippen LogP contribution in [0, 0.1) is 0 Å². The first-order chi connectivity index (χ1) is 8.86. The predicted molar refractivity (Wildman–Crippen MR) is 72.8 cm³/mol. The molecule has 0 bridgehead atoms. The van der Waals surface area contributed by atoms with Crippen LogP contribution in [0.3, 0.4) is 0 Å². The Labute approximate surface area is 107 Å². The number of pyridine rings is 1. The SMILES string of the molecule is CCN1CCC(Nc2nccc3occc23)CC1. The average molecular weight is 245 g/mol. The second-order valence-corrected chi connectivity index (χ2v) is 4.84. The molecule has 3 heterocycles. The Morgan fingerprint density at radius 3 is 3.00 bits per heavy atom. The van der Waals surface area contributed by atoms with E-state index in [2.05, 4.69) is 22.1 Å². The van der Waals surface area contributed by atoms with E-state index >= 15 is 0 Å². The van der Waals surface area contributed by atoms with Crippen LogP contribution in [0.1, 0.15) is 19.8 Å². The average Bonchev–Trinajstić information content (AvgIpc) is 2.89. The molecule has 4 heteroatoms. The minimum atomic E-state index is 0.529. The van der Waals surface area contributed by atoms with Crippen molar-refractivity contribution in [2.24, 2.45) is 0 Å². The summed E-state index contributed by atoms with van der Waals surface area (Å²) in [5.74, 6) is 0.955. The van der Waals surface area contributed by atoms with E-state index in [0.29, 0.717) is 6.04 Å². The van der Waals surface area contributed by atoms with Crippen molar-refractivity contribution in [2.75, 3.05) is 25.0 Å². The van der Waals surface area contributed by atoms with Gasteiger partial charge in [-0.1, -0.05) is 6.92 Å². The van der Waals surface area contributed by atoms with Crippen LogP contribution < -0.4 is 5.32 Å². The second-order valence-electron chi connectivity index (χ2n) is 4.84. The highest BCUT2D eigenvalue weighted by Gasteiger charge is 2.18. The third-order valence-electron chi connectivity index (χ3n) is 3.76. The van der Waals surface area contributed by atoms with Crippen LogP contribution in [0.5, 0.6) is 0 Å². The zero-order valence-electron chi connectivity index (χ0n) is 10.7. The summed E-state index contributed by atoms with van der Waals surface area (Å²) in [6.45, 7) is 5.73. The summed E-state index contributed by atoms with van der Waals surface area (Å²) in [7, 11) is 0. The van der Waals surface area contributed by atoms with E-state index in [-0.39, 0.29) is 0 Å². The van der Waals surface area contributed by atoms with E-state index in [1.54, 1.807) is 12.5 Å². The van der Waals surface area contributed by atoms with Crippen LogP contribution >= 0.6 is 0 Å². The summed E-state index contributed by atoms with van der Waals surface area (Å²) >= 11 is 0. The molecule has 4 nitrogen and oxygen atoms in total. The molecular weight excluding hydrogens is 226 g/mol. The molecule has 18 heavy (non-hydrogen) atoms. The maximum atomic E-state index is 5.39. The lowest BCUT2D eigenvalue weighted by molar-refractivity contribution is 0.229. The Morgan fingerprint density at radius 2 is 2.22 bits per heavy atom. The molecule has 1 fully saturated rings. The van der Waals surface area contributed by atoms with Crippen molar-refractivity contribution >= 4 is 16.8 Å². The van der Waals surface area contributed by atoms with Crippen LogP contribution in [0.2, 0.25) is 0 Å². The number of anilines is 1. The molecule has 2 aromatic rings. The Bertz CT molecular complexity index is 514. The van der Waals surface area contributed by atoms with Crippen molar-refractivity contribution in [2.45, 2.75) is 25.8 Å². The molecule has 0 saturated carbocycles. The third kappa shape index (κ3) is 2.20. The molecule has 0 radical (unpaired) electrons. The zero-order chi connectivity index (χ0) is 12.4. The maximum Gasteiger partial charge on any atom is 0.139 e. The first-order valence-corrected chi connectivity index (χ1v) is 6.68. The van der Waals surface area contributed by atoms with Crippen LogP contribution in [0.25, 0.3) is 11.0 Å². The fourth-order valence-electron chi connectivity index (χ4n) is 2.60. The van der Waals surface area contributed by atoms with Gasteiger partial charge in [0.1, 0.15) is 11.4 Å². The van der Waals surface area contributed by atoms with Crippen LogP contribution in [-0.4, -0.2) is 35.6 Å². The highest BCUT2D eigenvalue weighted by molar-refractivity contribution is 5.87.